The standard InChI is InChI=1S/C15H13Cl2NO2S/c1-8-5-10(6-11(14(8)18)15(19)20-2)21-9-3-4-12(16)13(17)7-9/h3-7H,18H2,1-2H3. The van der Waals surface area contributed by atoms with Gasteiger partial charge in [0.15, 0.2) is 0 Å². The van der Waals surface area contributed by atoms with Crippen molar-refractivity contribution in [1.29, 1.82) is 0 Å². The average Bonchev–Trinajstić information content (AvgIpc) is 2.45. The highest BCUT2D eigenvalue weighted by molar-refractivity contribution is 7.99. The first-order chi connectivity index (χ1) is 9.92. The van der Waals surface area contributed by atoms with Crippen molar-refractivity contribution in [3.63, 3.8) is 0 Å². The zero-order valence-corrected chi connectivity index (χ0v) is 13.8. The lowest BCUT2D eigenvalue weighted by Crippen LogP contribution is -2.07. The van der Waals surface area contributed by atoms with Gasteiger partial charge in [0.1, 0.15) is 0 Å². The summed E-state index contributed by atoms with van der Waals surface area (Å²) in [5, 5.41) is 0.992. The van der Waals surface area contributed by atoms with Gasteiger partial charge in [-0.1, -0.05) is 35.0 Å². The van der Waals surface area contributed by atoms with Gasteiger partial charge in [-0.2, -0.15) is 0 Å². The van der Waals surface area contributed by atoms with Gasteiger partial charge in [-0.15, -0.1) is 0 Å². The molecule has 2 N–H and O–H groups in total. The number of ether oxygens (including phenoxy) is 1. The topological polar surface area (TPSA) is 52.3 Å². The van der Waals surface area contributed by atoms with Crippen molar-refractivity contribution in [1.82, 2.24) is 0 Å². The number of carbonyl (C=O) groups excluding carboxylic acids is 1. The van der Waals surface area contributed by atoms with Gasteiger partial charge < -0.3 is 10.5 Å². The summed E-state index contributed by atoms with van der Waals surface area (Å²) < 4.78 is 4.75. The first-order valence-electron chi connectivity index (χ1n) is 6.03. The van der Waals surface area contributed by atoms with Gasteiger partial charge in [-0.25, -0.2) is 4.79 Å². The zero-order chi connectivity index (χ0) is 15.6. The lowest BCUT2D eigenvalue weighted by molar-refractivity contribution is 0.0601. The van der Waals surface area contributed by atoms with Gasteiger partial charge in [0.2, 0.25) is 0 Å². The number of methoxy groups -OCH3 is 1. The van der Waals surface area contributed by atoms with Crippen molar-refractivity contribution < 1.29 is 9.53 Å². The van der Waals surface area contributed by atoms with Crippen molar-refractivity contribution in [3.05, 3.63) is 51.5 Å². The number of nitrogen functional groups attached to an aromatic ring is 1. The van der Waals surface area contributed by atoms with Crippen molar-refractivity contribution in [2.45, 2.75) is 16.7 Å². The highest BCUT2D eigenvalue weighted by Crippen LogP contribution is 2.35. The Morgan fingerprint density at radius 3 is 2.48 bits per heavy atom. The van der Waals surface area contributed by atoms with Crippen LogP contribution in [-0.4, -0.2) is 13.1 Å². The molecule has 0 fully saturated rings. The van der Waals surface area contributed by atoms with Crippen LogP contribution in [0.5, 0.6) is 0 Å². The Morgan fingerprint density at radius 2 is 1.86 bits per heavy atom. The molecule has 2 aromatic carbocycles. The fraction of sp³-hybridized carbons (Fsp3) is 0.133. The Balaban J connectivity index is 2.38. The van der Waals surface area contributed by atoms with E-state index in [1.54, 1.807) is 18.2 Å². The molecule has 0 heterocycles. The summed E-state index contributed by atoms with van der Waals surface area (Å²) >= 11 is 13.4. The molecule has 0 atom stereocenters. The molecule has 0 bridgehead atoms. The van der Waals surface area contributed by atoms with Crippen LogP contribution in [0.3, 0.4) is 0 Å². The molecule has 0 saturated carbocycles. The van der Waals surface area contributed by atoms with Gasteiger partial charge in [0.25, 0.3) is 0 Å². The van der Waals surface area contributed by atoms with Crippen LogP contribution in [0.15, 0.2) is 40.1 Å². The van der Waals surface area contributed by atoms with E-state index >= 15 is 0 Å². The highest BCUT2D eigenvalue weighted by Gasteiger charge is 2.14. The van der Waals surface area contributed by atoms with Crippen LogP contribution < -0.4 is 5.73 Å². The second-order valence-electron chi connectivity index (χ2n) is 4.37. The van der Waals surface area contributed by atoms with Crippen LogP contribution in [0.2, 0.25) is 10.0 Å². The molecule has 0 aliphatic rings. The van der Waals surface area contributed by atoms with E-state index < -0.39 is 5.97 Å². The number of hydrogen-bond donors (Lipinski definition) is 1. The minimum absolute atomic E-state index is 0.361. The van der Waals surface area contributed by atoms with Crippen molar-refractivity contribution in [2.24, 2.45) is 0 Å². The van der Waals surface area contributed by atoms with Gasteiger partial charge in [0, 0.05) is 15.5 Å². The SMILES string of the molecule is COC(=O)c1cc(Sc2ccc(Cl)c(Cl)c2)cc(C)c1N. The number of benzene rings is 2. The molecule has 0 aliphatic carbocycles. The first kappa shape index (κ1) is 16.0. The summed E-state index contributed by atoms with van der Waals surface area (Å²) in [5.74, 6) is -0.452. The molecule has 0 radical (unpaired) electrons. The van der Waals surface area contributed by atoms with Gasteiger partial charge in [-0.3, -0.25) is 0 Å². The van der Waals surface area contributed by atoms with E-state index in [9.17, 15) is 4.79 Å². The number of hydrogen-bond acceptors (Lipinski definition) is 4. The number of rotatable bonds is 3. The van der Waals surface area contributed by atoms with Crippen LogP contribution in [0.25, 0.3) is 0 Å². The van der Waals surface area contributed by atoms with Crippen molar-refractivity contribution in [2.75, 3.05) is 12.8 Å². The normalized spacial score (nSPS) is 10.5. The molecule has 3 nitrogen and oxygen atoms in total. The van der Waals surface area contributed by atoms with E-state index in [0.717, 1.165) is 15.4 Å². The lowest BCUT2D eigenvalue weighted by Gasteiger charge is -2.10. The van der Waals surface area contributed by atoms with Crippen LogP contribution in [-0.2, 0) is 4.74 Å². The van der Waals surface area contributed by atoms with Crippen LogP contribution in [0.4, 0.5) is 5.69 Å². The van der Waals surface area contributed by atoms with Crippen molar-refractivity contribution >= 4 is 46.6 Å². The summed E-state index contributed by atoms with van der Waals surface area (Å²) in [5.41, 5.74) is 7.53. The summed E-state index contributed by atoms with van der Waals surface area (Å²) in [7, 11) is 1.33. The average molecular weight is 342 g/mol. The van der Waals surface area contributed by atoms with E-state index in [-0.39, 0.29) is 0 Å². The minimum Gasteiger partial charge on any atom is -0.465 e. The number of anilines is 1. The second-order valence-corrected chi connectivity index (χ2v) is 6.33. The third kappa shape index (κ3) is 3.64. The summed E-state index contributed by atoms with van der Waals surface area (Å²) in [6.07, 6.45) is 0. The molecule has 0 saturated heterocycles. The maximum atomic E-state index is 11.7. The van der Waals surface area contributed by atoms with E-state index in [2.05, 4.69) is 0 Å². The Hall–Kier alpha value is -1.36. The second kappa shape index (κ2) is 6.60. The third-order valence-corrected chi connectivity index (χ3v) is 4.59. The molecule has 0 spiro atoms. The van der Waals surface area contributed by atoms with E-state index in [1.807, 2.05) is 19.1 Å². The molecular weight excluding hydrogens is 329 g/mol. The third-order valence-electron chi connectivity index (χ3n) is 2.89. The zero-order valence-electron chi connectivity index (χ0n) is 11.4. The largest absolute Gasteiger partial charge is 0.465 e. The molecule has 21 heavy (non-hydrogen) atoms. The number of esters is 1. The molecule has 110 valence electrons. The molecule has 2 rings (SSSR count). The monoisotopic (exact) mass is 341 g/mol. The first-order valence-corrected chi connectivity index (χ1v) is 7.61. The summed E-state index contributed by atoms with van der Waals surface area (Å²) in [6.45, 7) is 1.85. The predicted octanol–water partition coefficient (Wildman–Crippen LogP) is 4.82. The van der Waals surface area contributed by atoms with E-state index in [1.165, 1.54) is 18.9 Å². The number of aryl methyl sites for hydroxylation is 1. The van der Waals surface area contributed by atoms with Crippen LogP contribution in [0, 0.1) is 6.92 Å². The number of nitrogens with two attached hydrogens (primary N) is 1. The predicted molar refractivity (Wildman–Crippen MR) is 87.5 cm³/mol. The molecule has 0 aromatic heterocycles. The molecular formula is C15H13Cl2NO2S. The fourth-order valence-electron chi connectivity index (χ4n) is 1.78. The van der Waals surface area contributed by atoms with Crippen LogP contribution in [0.1, 0.15) is 15.9 Å². The molecule has 0 unspecified atom stereocenters. The molecule has 2 aromatic rings. The number of carbonyl (C=O) groups is 1. The summed E-state index contributed by atoms with van der Waals surface area (Å²) in [4.78, 5) is 13.5. The molecule has 6 heteroatoms. The Morgan fingerprint density at radius 1 is 1.14 bits per heavy atom. The maximum absolute atomic E-state index is 11.7. The quantitative estimate of drug-likeness (QED) is 0.642. The number of halogens is 2. The van der Waals surface area contributed by atoms with Crippen LogP contribution >= 0.6 is 35.0 Å². The van der Waals surface area contributed by atoms with Crippen molar-refractivity contribution in [3.8, 4) is 0 Å². The summed E-state index contributed by atoms with van der Waals surface area (Å²) in [6, 6.07) is 8.99. The molecule has 0 amide bonds. The Bertz CT molecular complexity index is 704. The maximum Gasteiger partial charge on any atom is 0.340 e. The lowest BCUT2D eigenvalue weighted by atomic mass is 10.1. The van der Waals surface area contributed by atoms with Gasteiger partial charge in [-0.05, 0) is 42.8 Å². The van der Waals surface area contributed by atoms with Gasteiger partial charge in [0.05, 0.1) is 22.7 Å². The Labute approximate surface area is 137 Å². The molecule has 0 aliphatic heterocycles. The fourth-order valence-corrected chi connectivity index (χ4v) is 3.14. The van der Waals surface area contributed by atoms with E-state index in [0.29, 0.717) is 21.3 Å². The highest BCUT2D eigenvalue weighted by atomic mass is 35.5. The Kier molecular flexibility index (Phi) is 5.04. The minimum atomic E-state index is -0.452. The van der Waals surface area contributed by atoms with E-state index in [4.69, 9.17) is 33.7 Å². The van der Waals surface area contributed by atoms with Gasteiger partial charge >= 0.3 is 5.97 Å². The smallest absolute Gasteiger partial charge is 0.340 e.